The molecule has 0 saturated carbocycles. The molecule has 0 aliphatic rings. The number of carbonyl (C=O) groups is 2. The summed E-state index contributed by atoms with van der Waals surface area (Å²) in [6.45, 7) is 2.16. The molecule has 114 valence electrons. The third-order valence-electron chi connectivity index (χ3n) is 2.91. The number of nitrogens with zero attached hydrogens (tertiary/aromatic N) is 3. The second-order valence-corrected chi connectivity index (χ2v) is 4.37. The molecule has 0 unspecified atom stereocenters. The molecule has 0 saturated heterocycles. The number of rotatable bonds is 5. The molecule has 2 rings (SSSR count). The van der Waals surface area contributed by atoms with Crippen LogP contribution in [0, 0.1) is 10.1 Å². The molecule has 0 bridgehead atoms. The molecule has 1 aromatic heterocycles. The van der Waals surface area contributed by atoms with Crippen LogP contribution in [0.25, 0.3) is 0 Å². The lowest BCUT2D eigenvalue weighted by molar-refractivity contribution is -0.385. The molecule has 1 heterocycles. The number of aromatic nitrogens is 2. The zero-order chi connectivity index (χ0) is 16.3. The maximum Gasteiger partial charge on any atom is 0.320 e. The largest absolute Gasteiger partial charge is 0.366 e. The van der Waals surface area contributed by atoms with Gasteiger partial charge in [-0.05, 0) is 31.2 Å². The number of hydrogen-bond donors (Lipinski definition) is 2. The molecular formula is C13H13N5O4. The van der Waals surface area contributed by atoms with E-state index < -0.39 is 16.7 Å². The van der Waals surface area contributed by atoms with Gasteiger partial charge in [0.15, 0.2) is 0 Å². The first kappa shape index (κ1) is 15.2. The van der Waals surface area contributed by atoms with Crippen LogP contribution in [0.2, 0.25) is 0 Å². The van der Waals surface area contributed by atoms with Crippen LogP contribution in [0.4, 0.5) is 11.4 Å². The lowest BCUT2D eigenvalue weighted by atomic mass is 10.2. The predicted octanol–water partition coefficient (Wildman–Crippen LogP) is 1.16. The minimum atomic E-state index is -0.703. The molecule has 9 nitrogen and oxygen atoms in total. The molecule has 0 radical (unpaired) electrons. The summed E-state index contributed by atoms with van der Waals surface area (Å²) < 4.78 is 1.31. The molecule has 0 spiro atoms. The number of nitrogens with one attached hydrogen (secondary N) is 1. The van der Waals surface area contributed by atoms with E-state index in [4.69, 9.17) is 5.73 Å². The Morgan fingerprint density at radius 1 is 1.36 bits per heavy atom. The van der Waals surface area contributed by atoms with Gasteiger partial charge in [0.2, 0.25) is 11.6 Å². The van der Waals surface area contributed by atoms with Crippen molar-refractivity contribution in [2.75, 3.05) is 5.32 Å². The van der Waals surface area contributed by atoms with Crippen LogP contribution in [-0.2, 0) is 6.54 Å². The Morgan fingerprint density at radius 2 is 2.00 bits per heavy atom. The SMILES string of the molecule is CCn1cc([N+](=O)[O-])c(C(=O)Nc2ccc(C(N)=O)cc2)n1. The average Bonchev–Trinajstić information content (AvgIpc) is 2.92. The molecule has 9 heteroatoms. The van der Waals surface area contributed by atoms with E-state index in [2.05, 4.69) is 10.4 Å². The van der Waals surface area contributed by atoms with Crippen molar-refractivity contribution in [3.8, 4) is 0 Å². The summed E-state index contributed by atoms with van der Waals surface area (Å²) >= 11 is 0. The maximum atomic E-state index is 12.1. The first-order valence-corrected chi connectivity index (χ1v) is 6.35. The highest BCUT2D eigenvalue weighted by Crippen LogP contribution is 2.18. The summed E-state index contributed by atoms with van der Waals surface area (Å²) in [5.74, 6) is -1.29. The number of nitrogens with two attached hydrogens (primary N) is 1. The van der Waals surface area contributed by atoms with Crippen molar-refractivity contribution >= 4 is 23.2 Å². The predicted molar refractivity (Wildman–Crippen MR) is 77.5 cm³/mol. The first-order chi connectivity index (χ1) is 10.4. The highest BCUT2D eigenvalue weighted by atomic mass is 16.6. The zero-order valence-electron chi connectivity index (χ0n) is 11.6. The van der Waals surface area contributed by atoms with E-state index in [-0.39, 0.29) is 11.4 Å². The maximum absolute atomic E-state index is 12.1. The van der Waals surface area contributed by atoms with Gasteiger partial charge >= 0.3 is 5.69 Å². The first-order valence-electron chi connectivity index (χ1n) is 6.35. The van der Waals surface area contributed by atoms with E-state index in [9.17, 15) is 19.7 Å². The Labute approximate surface area is 124 Å². The Kier molecular flexibility index (Phi) is 4.16. The molecule has 2 amide bonds. The smallest absolute Gasteiger partial charge is 0.320 e. The minimum Gasteiger partial charge on any atom is -0.366 e. The van der Waals surface area contributed by atoms with Gasteiger partial charge in [-0.3, -0.25) is 24.4 Å². The van der Waals surface area contributed by atoms with E-state index in [1.807, 2.05) is 0 Å². The number of nitro groups is 1. The van der Waals surface area contributed by atoms with Gasteiger partial charge < -0.3 is 11.1 Å². The summed E-state index contributed by atoms with van der Waals surface area (Å²) in [6, 6.07) is 5.83. The van der Waals surface area contributed by atoms with Crippen LogP contribution < -0.4 is 11.1 Å². The van der Waals surface area contributed by atoms with Gasteiger partial charge in [-0.25, -0.2) is 0 Å². The van der Waals surface area contributed by atoms with Gasteiger partial charge in [-0.2, -0.15) is 5.10 Å². The Bertz CT molecular complexity index is 735. The van der Waals surface area contributed by atoms with E-state index in [1.54, 1.807) is 6.92 Å². The second-order valence-electron chi connectivity index (χ2n) is 4.37. The summed E-state index contributed by atoms with van der Waals surface area (Å²) in [6.07, 6.45) is 1.20. The molecular weight excluding hydrogens is 290 g/mol. The molecule has 1 aromatic carbocycles. The van der Waals surface area contributed by atoms with Crippen molar-refractivity contribution < 1.29 is 14.5 Å². The fraction of sp³-hybridized carbons (Fsp3) is 0.154. The third kappa shape index (κ3) is 3.08. The lowest BCUT2D eigenvalue weighted by Crippen LogP contribution is -2.15. The van der Waals surface area contributed by atoms with Gasteiger partial charge in [0.05, 0.1) is 4.92 Å². The van der Waals surface area contributed by atoms with Crippen LogP contribution in [0.1, 0.15) is 27.8 Å². The summed E-state index contributed by atoms with van der Waals surface area (Å²) in [7, 11) is 0. The van der Waals surface area contributed by atoms with Crippen molar-refractivity contribution in [1.82, 2.24) is 9.78 Å². The van der Waals surface area contributed by atoms with Crippen LogP contribution in [0.5, 0.6) is 0 Å². The Morgan fingerprint density at radius 3 is 2.50 bits per heavy atom. The highest BCUT2D eigenvalue weighted by Gasteiger charge is 2.25. The summed E-state index contributed by atoms with van der Waals surface area (Å²) in [5.41, 5.74) is 5.14. The van der Waals surface area contributed by atoms with Crippen molar-refractivity contribution in [2.45, 2.75) is 13.5 Å². The van der Waals surface area contributed by atoms with Gasteiger partial charge in [-0.15, -0.1) is 0 Å². The molecule has 0 aliphatic carbocycles. The van der Waals surface area contributed by atoms with E-state index in [0.29, 0.717) is 17.8 Å². The molecule has 2 aromatic rings. The molecule has 22 heavy (non-hydrogen) atoms. The molecule has 3 N–H and O–H groups in total. The fourth-order valence-electron chi connectivity index (χ4n) is 1.78. The van der Waals surface area contributed by atoms with Gasteiger partial charge in [0.25, 0.3) is 5.91 Å². The molecule has 0 aliphatic heterocycles. The van der Waals surface area contributed by atoms with Crippen LogP contribution in [-0.4, -0.2) is 26.5 Å². The van der Waals surface area contributed by atoms with E-state index >= 15 is 0 Å². The highest BCUT2D eigenvalue weighted by molar-refractivity contribution is 6.05. The summed E-state index contributed by atoms with van der Waals surface area (Å²) in [5, 5.41) is 17.3. The number of primary amides is 1. The molecule has 0 fully saturated rings. The number of amides is 2. The molecule has 0 atom stereocenters. The monoisotopic (exact) mass is 303 g/mol. The van der Waals surface area contributed by atoms with Crippen molar-refractivity contribution in [3.05, 3.63) is 51.8 Å². The van der Waals surface area contributed by atoms with Crippen molar-refractivity contribution in [2.24, 2.45) is 5.73 Å². The Hall–Kier alpha value is -3.23. The van der Waals surface area contributed by atoms with Crippen LogP contribution in [0.15, 0.2) is 30.5 Å². The average molecular weight is 303 g/mol. The van der Waals surface area contributed by atoms with Gasteiger partial charge in [0.1, 0.15) is 6.20 Å². The zero-order valence-corrected chi connectivity index (χ0v) is 11.6. The van der Waals surface area contributed by atoms with Gasteiger partial charge in [-0.1, -0.05) is 0 Å². The summed E-state index contributed by atoms with van der Waals surface area (Å²) in [4.78, 5) is 33.3. The van der Waals surface area contributed by atoms with Crippen LogP contribution in [0.3, 0.4) is 0 Å². The fourth-order valence-corrected chi connectivity index (χ4v) is 1.78. The van der Waals surface area contributed by atoms with E-state index in [0.717, 1.165) is 0 Å². The number of benzene rings is 1. The third-order valence-corrected chi connectivity index (χ3v) is 2.91. The van der Waals surface area contributed by atoms with Crippen LogP contribution >= 0.6 is 0 Å². The number of carbonyl (C=O) groups excluding carboxylic acids is 2. The Balaban J connectivity index is 2.23. The van der Waals surface area contributed by atoms with E-state index in [1.165, 1.54) is 35.1 Å². The van der Waals surface area contributed by atoms with Gasteiger partial charge in [0, 0.05) is 17.8 Å². The van der Waals surface area contributed by atoms with Crippen molar-refractivity contribution in [3.63, 3.8) is 0 Å². The second kappa shape index (κ2) is 6.04. The minimum absolute atomic E-state index is 0.272. The topological polar surface area (TPSA) is 133 Å². The number of aryl methyl sites for hydroxylation is 1. The van der Waals surface area contributed by atoms with Crippen molar-refractivity contribution in [1.29, 1.82) is 0 Å². The number of hydrogen-bond acceptors (Lipinski definition) is 5. The quantitative estimate of drug-likeness (QED) is 0.631. The standard InChI is InChI=1S/C13H13N5O4/c1-2-17-7-10(18(21)22)11(16-17)13(20)15-9-5-3-8(4-6-9)12(14)19/h3-7H,2H2,1H3,(H2,14,19)(H,15,20). The number of anilines is 1. The normalized spacial score (nSPS) is 10.2. The lowest BCUT2D eigenvalue weighted by Gasteiger charge is -2.03.